The molecule has 2 aliphatic carbocycles. The molecular weight excluding hydrogens is 445 g/mol. The predicted molar refractivity (Wildman–Crippen MR) is 130 cm³/mol. The molecule has 2 aromatic carbocycles. The van der Waals surface area contributed by atoms with Crippen LogP contribution in [0.25, 0.3) is 0 Å². The highest BCUT2D eigenvalue weighted by atomic mass is 19.1. The number of carbonyl (C=O) groups is 3. The van der Waals surface area contributed by atoms with Crippen LogP contribution >= 0.6 is 0 Å². The predicted octanol–water partition coefficient (Wildman–Crippen LogP) is 4.44. The molecule has 1 aliphatic heterocycles. The van der Waals surface area contributed by atoms with Gasteiger partial charge in [0.15, 0.2) is 0 Å². The molecular formula is C28H32FN3O3. The molecule has 0 radical (unpaired) electrons. The highest BCUT2D eigenvalue weighted by Crippen LogP contribution is 2.33. The Hall–Kier alpha value is -3.22. The summed E-state index contributed by atoms with van der Waals surface area (Å²) in [5.41, 5.74) is 2.90. The van der Waals surface area contributed by atoms with Crippen molar-refractivity contribution in [3.8, 4) is 0 Å². The zero-order valence-electron chi connectivity index (χ0n) is 20.2. The summed E-state index contributed by atoms with van der Waals surface area (Å²) in [4.78, 5) is 42.8. The summed E-state index contributed by atoms with van der Waals surface area (Å²) < 4.78 is 13.4. The van der Waals surface area contributed by atoms with Gasteiger partial charge < -0.3 is 10.2 Å². The molecule has 0 aromatic heterocycles. The normalized spacial score (nSPS) is 22.3. The molecule has 3 aliphatic rings. The van der Waals surface area contributed by atoms with Crippen molar-refractivity contribution in [3.63, 3.8) is 0 Å². The first-order valence-corrected chi connectivity index (χ1v) is 12.7. The van der Waals surface area contributed by atoms with Crippen LogP contribution in [0.2, 0.25) is 0 Å². The third kappa shape index (κ3) is 4.56. The van der Waals surface area contributed by atoms with Crippen LogP contribution in [0, 0.1) is 5.82 Å². The average molecular weight is 478 g/mol. The summed E-state index contributed by atoms with van der Waals surface area (Å²) >= 11 is 0. The van der Waals surface area contributed by atoms with Crippen LogP contribution in [0.3, 0.4) is 0 Å². The van der Waals surface area contributed by atoms with Crippen LogP contribution in [0.1, 0.15) is 67.7 Å². The Bertz CT molecular complexity index is 1140. The smallest absolute Gasteiger partial charge is 0.325 e. The van der Waals surface area contributed by atoms with Gasteiger partial charge in [0.1, 0.15) is 17.9 Å². The van der Waals surface area contributed by atoms with Gasteiger partial charge in [0.25, 0.3) is 5.91 Å². The van der Waals surface area contributed by atoms with Crippen molar-refractivity contribution in [2.24, 2.45) is 0 Å². The Morgan fingerprint density at radius 3 is 2.49 bits per heavy atom. The van der Waals surface area contributed by atoms with Gasteiger partial charge in [-0.25, -0.2) is 9.18 Å². The number of benzene rings is 2. The van der Waals surface area contributed by atoms with E-state index in [4.69, 9.17) is 0 Å². The van der Waals surface area contributed by atoms with Crippen molar-refractivity contribution in [2.75, 3.05) is 6.54 Å². The molecule has 35 heavy (non-hydrogen) atoms. The van der Waals surface area contributed by atoms with Crippen molar-refractivity contribution in [2.45, 2.75) is 76.4 Å². The fourth-order valence-corrected chi connectivity index (χ4v) is 5.75. The zero-order chi connectivity index (χ0) is 24.6. The summed E-state index contributed by atoms with van der Waals surface area (Å²) in [5, 5.41) is 2.84. The maximum atomic E-state index is 13.5. The lowest BCUT2D eigenvalue weighted by molar-refractivity contribution is -0.141. The van der Waals surface area contributed by atoms with Gasteiger partial charge in [0.05, 0.1) is 0 Å². The van der Waals surface area contributed by atoms with E-state index in [1.807, 2.05) is 18.2 Å². The van der Waals surface area contributed by atoms with Gasteiger partial charge in [0, 0.05) is 12.6 Å². The number of carbonyl (C=O) groups excluding carboxylic acids is 3. The second-order valence-corrected chi connectivity index (χ2v) is 10.2. The highest BCUT2D eigenvalue weighted by molar-refractivity contribution is 6.09. The molecule has 1 atom stereocenters. The molecule has 184 valence electrons. The van der Waals surface area contributed by atoms with Gasteiger partial charge >= 0.3 is 6.03 Å². The maximum absolute atomic E-state index is 13.5. The fourth-order valence-electron chi connectivity index (χ4n) is 5.75. The van der Waals surface area contributed by atoms with E-state index in [1.165, 1.54) is 23.3 Å². The molecule has 1 heterocycles. The van der Waals surface area contributed by atoms with E-state index in [2.05, 4.69) is 5.32 Å². The van der Waals surface area contributed by atoms with E-state index >= 15 is 0 Å². The van der Waals surface area contributed by atoms with Crippen molar-refractivity contribution in [1.29, 1.82) is 0 Å². The van der Waals surface area contributed by atoms with E-state index in [0.717, 1.165) is 67.4 Å². The van der Waals surface area contributed by atoms with Crippen LogP contribution in [-0.2, 0) is 34.5 Å². The second kappa shape index (κ2) is 9.44. The molecule has 7 heteroatoms. The molecule has 5 rings (SSSR count). The second-order valence-electron chi connectivity index (χ2n) is 10.2. The Kier molecular flexibility index (Phi) is 6.34. The molecule has 6 nitrogen and oxygen atoms in total. The average Bonchev–Trinajstić information content (AvgIpc) is 3.42. The van der Waals surface area contributed by atoms with Crippen LogP contribution in [0.5, 0.6) is 0 Å². The molecule has 1 saturated heterocycles. The topological polar surface area (TPSA) is 69.7 Å². The number of nitrogens with zero attached hydrogens (tertiary/aromatic N) is 2. The summed E-state index contributed by atoms with van der Waals surface area (Å²) in [6, 6.07) is 11.6. The maximum Gasteiger partial charge on any atom is 0.325 e. The monoisotopic (exact) mass is 477 g/mol. The number of aryl methyl sites for hydroxylation is 2. The lowest BCUT2D eigenvalue weighted by Crippen LogP contribution is -2.48. The van der Waals surface area contributed by atoms with E-state index in [-0.39, 0.29) is 24.3 Å². The van der Waals surface area contributed by atoms with Crippen LogP contribution in [0.15, 0.2) is 42.5 Å². The van der Waals surface area contributed by atoms with E-state index in [9.17, 15) is 18.8 Å². The van der Waals surface area contributed by atoms with Gasteiger partial charge in [-0.05, 0) is 73.4 Å². The Morgan fingerprint density at radius 2 is 1.74 bits per heavy atom. The SMILES string of the molecule is C[C@@]1(c2ccc3c(c2)CCC3)NC(=O)N(CC(=O)N(Cc2ccc(F)cc2)C2CCCCC2)C1=O. The molecule has 1 saturated carbocycles. The van der Waals surface area contributed by atoms with Crippen molar-refractivity contribution in [3.05, 3.63) is 70.5 Å². The summed E-state index contributed by atoms with van der Waals surface area (Å²) in [5.74, 6) is -0.989. The first kappa shape index (κ1) is 23.5. The Morgan fingerprint density at radius 1 is 1.03 bits per heavy atom. The van der Waals surface area contributed by atoms with Crippen LogP contribution in [0.4, 0.5) is 9.18 Å². The quantitative estimate of drug-likeness (QED) is 0.626. The summed E-state index contributed by atoms with van der Waals surface area (Å²) in [7, 11) is 0. The third-order valence-corrected chi connectivity index (χ3v) is 7.85. The molecule has 0 unspecified atom stereocenters. The minimum absolute atomic E-state index is 0.0464. The van der Waals surface area contributed by atoms with Gasteiger partial charge in [-0.1, -0.05) is 49.6 Å². The number of rotatable bonds is 6. The number of nitrogens with one attached hydrogen (secondary N) is 1. The summed E-state index contributed by atoms with van der Waals surface area (Å²) in [6.07, 6.45) is 8.11. The molecule has 0 spiro atoms. The lowest BCUT2D eigenvalue weighted by Gasteiger charge is -2.35. The summed E-state index contributed by atoms with van der Waals surface area (Å²) in [6.45, 7) is 1.74. The van der Waals surface area contributed by atoms with Gasteiger partial charge in [-0.15, -0.1) is 0 Å². The number of urea groups is 1. The first-order valence-electron chi connectivity index (χ1n) is 12.7. The fraction of sp³-hybridized carbons (Fsp3) is 0.464. The highest BCUT2D eigenvalue weighted by Gasteiger charge is 2.50. The number of imide groups is 1. The number of fused-ring (bicyclic) bond motifs is 1. The lowest BCUT2D eigenvalue weighted by atomic mass is 9.89. The largest absolute Gasteiger partial charge is 0.334 e. The molecule has 1 N–H and O–H groups in total. The van der Waals surface area contributed by atoms with Crippen molar-refractivity contribution in [1.82, 2.24) is 15.1 Å². The van der Waals surface area contributed by atoms with Gasteiger partial charge in [-0.2, -0.15) is 0 Å². The van der Waals surface area contributed by atoms with E-state index < -0.39 is 17.5 Å². The Labute approximate surface area is 205 Å². The number of amides is 4. The van der Waals surface area contributed by atoms with Gasteiger partial charge in [-0.3, -0.25) is 14.5 Å². The van der Waals surface area contributed by atoms with Crippen molar-refractivity contribution >= 4 is 17.8 Å². The number of halogens is 1. The van der Waals surface area contributed by atoms with Crippen molar-refractivity contribution < 1.29 is 18.8 Å². The molecule has 0 bridgehead atoms. The molecule has 4 amide bonds. The Balaban J connectivity index is 1.35. The first-order chi connectivity index (χ1) is 16.8. The van der Waals surface area contributed by atoms with E-state index in [0.29, 0.717) is 6.54 Å². The number of hydrogen-bond acceptors (Lipinski definition) is 3. The third-order valence-electron chi connectivity index (χ3n) is 7.85. The molecule has 2 aromatic rings. The minimum Gasteiger partial charge on any atom is -0.334 e. The minimum atomic E-state index is -1.19. The van der Waals surface area contributed by atoms with Crippen LogP contribution < -0.4 is 5.32 Å². The standard InChI is InChI=1S/C28H32FN3O3/c1-28(22-13-12-20-6-5-7-21(20)16-22)26(34)32(27(35)30-28)18-25(33)31(24-8-3-2-4-9-24)17-19-10-14-23(29)15-11-19/h10-16,24H,2-9,17-18H2,1H3,(H,30,35)/t28-/m0/s1. The van der Waals surface area contributed by atoms with Crippen LogP contribution in [-0.4, -0.2) is 40.2 Å². The number of hydrogen-bond donors (Lipinski definition) is 1. The molecule has 2 fully saturated rings. The van der Waals surface area contributed by atoms with E-state index in [1.54, 1.807) is 24.0 Å². The zero-order valence-corrected chi connectivity index (χ0v) is 20.2. The van der Waals surface area contributed by atoms with Gasteiger partial charge in [0.2, 0.25) is 5.91 Å².